The zero-order chi connectivity index (χ0) is 20.1. The highest BCUT2D eigenvalue weighted by atomic mass is 19.3. The average Bonchev–Trinajstić information content (AvgIpc) is 3.03. The first-order chi connectivity index (χ1) is 13.1. The number of alkyl halides is 2. The molecule has 1 saturated heterocycles. The van der Waals surface area contributed by atoms with Crippen LogP contribution in [-0.4, -0.2) is 56.6 Å². The molecule has 1 aliphatic carbocycles. The van der Waals surface area contributed by atoms with Crippen molar-refractivity contribution in [3.8, 4) is 0 Å². The molecule has 2 unspecified atom stereocenters. The van der Waals surface area contributed by atoms with Gasteiger partial charge in [-0.1, -0.05) is 0 Å². The third-order valence-electron chi connectivity index (χ3n) is 5.12. The minimum atomic E-state index is -2.67. The molecule has 9 heteroatoms. The molecule has 0 radical (unpaired) electrons. The van der Waals surface area contributed by atoms with Gasteiger partial charge < -0.3 is 19.9 Å². The fourth-order valence-electron chi connectivity index (χ4n) is 3.70. The van der Waals surface area contributed by atoms with Crippen molar-refractivity contribution in [3.05, 3.63) is 18.1 Å². The maximum absolute atomic E-state index is 13.6. The number of H-pyrrole nitrogens is 1. The van der Waals surface area contributed by atoms with Crippen molar-refractivity contribution in [3.63, 3.8) is 0 Å². The number of nitrogens with one attached hydrogen (secondary N) is 2. The zero-order valence-corrected chi connectivity index (χ0v) is 16.3. The third-order valence-corrected chi connectivity index (χ3v) is 5.12. The molecule has 2 fully saturated rings. The molecule has 0 spiro atoms. The maximum atomic E-state index is 13.6. The summed E-state index contributed by atoms with van der Waals surface area (Å²) in [6.07, 6.45) is 4.20. The molecule has 1 amide bonds. The van der Waals surface area contributed by atoms with Crippen LogP contribution in [0.1, 0.15) is 51.5 Å². The van der Waals surface area contributed by atoms with Gasteiger partial charge in [-0.05, 0) is 39.2 Å². The number of ether oxygens (including phenoxy) is 1. The maximum Gasteiger partial charge on any atom is 0.410 e. The van der Waals surface area contributed by atoms with E-state index in [9.17, 15) is 13.6 Å². The fourth-order valence-corrected chi connectivity index (χ4v) is 3.70. The smallest absolute Gasteiger partial charge is 0.410 e. The van der Waals surface area contributed by atoms with Crippen LogP contribution in [0.2, 0.25) is 0 Å². The number of aromatic nitrogens is 3. The molecule has 1 saturated carbocycles. The van der Waals surface area contributed by atoms with Gasteiger partial charge in [0.15, 0.2) is 0 Å². The second-order valence-corrected chi connectivity index (χ2v) is 8.62. The van der Waals surface area contributed by atoms with E-state index in [0.29, 0.717) is 35.5 Å². The van der Waals surface area contributed by atoms with Crippen LogP contribution in [0.5, 0.6) is 0 Å². The summed E-state index contributed by atoms with van der Waals surface area (Å²) < 4.78 is 32.7. The lowest BCUT2D eigenvalue weighted by Crippen LogP contribution is -2.47. The summed E-state index contributed by atoms with van der Waals surface area (Å²) in [6.45, 7) is 6.62. The van der Waals surface area contributed by atoms with Gasteiger partial charge in [0.25, 0.3) is 5.92 Å². The van der Waals surface area contributed by atoms with Crippen LogP contribution in [0.3, 0.4) is 0 Å². The molecular formula is C19H25F2N5O2. The Kier molecular flexibility index (Phi) is 4.43. The molecule has 7 nitrogen and oxygen atoms in total. The molecule has 0 bridgehead atoms. The molecule has 2 aromatic heterocycles. The van der Waals surface area contributed by atoms with Gasteiger partial charge in [-0.3, -0.25) is 0 Å². The Bertz CT molecular complexity index is 892. The quantitative estimate of drug-likeness (QED) is 0.827. The van der Waals surface area contributed by atoms with Crippen molar-refractivity contribution in [2.75, 3.05) is 18.4 Å². The lowest BCUT2D eigenvalue weighted by molar-refractivity contribution is 0.0206. The second kappa shape index (κ2) is 6.56. The first-order valence-electron chi connectivity index (χ1n) is 9.58. The van der Waals surface area contributed by atoms with Crippen LogP contribution in [0, 0.1) is 0 Å². The summed E-state index contributed by atoms with van der Waals surface area (Å²) in [7, 11) is 0. The van der Waals surface area contributed by atoms with Crippen LogP contribution in [-0.2, 0) is 4.74 Å². The largest absolute Gasteiger partial charge is 0.444 e. The number of piperidine rings is 1. The number of hydrogen-bond donors (Lipinski definition) is 2. The average molecular weight is 393 g/mol. The molecule has 1 aliphatic heterocycles. The Balaban J connectivity index is 1.52. The molecule has 4 rings (SSSR count). The first-order valence-corrected chi connectivity index (χ1v) is 9.58. The van der Waals surface area contributed by atoms with E-state index >= 15 is 0 Å². The molecule has 2 atom stereocenters. The summed E-state index contributed by atoms with van der Waals surface area (Å²) in [6, 6.07) is -0.0400. The number of amides is 1. The van der Waals surface area contributed by atoms with E-state index in [1.807, 2.05) is 20.8 Å². The number of likely N-dealkylation sites (tertiary alicyclic amines) is 1. The number of hydrogen-bond acceptors (Lipinski definition) is 5. The van der Waals surface area contributed by atoms with Gasteiger partial charge >= 0.3 is 6.09 Å². The normalized spacial score (nSPS) is 24.2. The highest BCUT2D eigenvalue weighted by Gasteiger charge is 2.58. The van der Waals surface area contributed by atoms with Crippen molar-refractivity contribution in [2.24, 2.45) is 0 Å². The minimum Gasteiger partial charge on any atom is -0.444 e. The van der Waals surface area contributed by atoms with Crippen LogP contribution < -0.4 is 5.32 Å². The van der Waals surface area contributed by atoms with E-state index in [1.165, 1.54) is 6.33 Å². The van der Waals surface area contributed by atoms with Gasteiger partial charge in [0.2, 0.25) is 0 Å². The predicted octanol–water partition coefficient (Wildman–Crippen LogP) is 3.89. The van der Waals surface area contributed by atoms with E-state index < -0.39 is 17.4 Å². The Morgan fingerprint density at radius 3 is 2.82 bits per heavy atom. The van der Waals surface area contributed by atoms with E-state index in [4.69, 9.17) is 4.74 Å². The van der Waals surface area contributed by atoms with Crippen LogP contribution in [0.15, 0.2) is 12.5 Å². The van der Waals surface area contributed by atoms with Gasteiger partial charge in [-0.15, -0.1) is 0 Å². The lowest BCUT2D eigenvalue weighted by Gasteiger charge is -2.34. The SMILES string of the molecule is CC(C)(C)OC(=O)N1CCCC(Nc2ncnc3[nH]cc(C4CC4(F)F)c23)C1. The number of rotatable bonds is 3. The number of carbonyl (C=O) groups is 1. The highest BCUT2D eigenvalue weighted by Crippen LogP contribution is 2.57. The summed E-state index contributed by atoms with van der Waals surface area (Å²) >= 11 is 0. The third kappa shape index (κ3) is 3.74. The number of aromatic amines is 1. The number of fused-ring (bicyclic) bond motifs is 1. The van der Waals surface area contributed by atoms with Gasteiger partial charge in [-0.25, -0.2) is 23.5 Å². The molecule has 152 valence electrons. The molecular weight excluding hydrogens is 368 g/mol. The van der Waals surface area contributed by atoms with Crippen LogP contribution in [0.25, 0.3) is 11.0 Å². The summed E-state index contributed by atoms with van der Waals surface area (Å²) in [5, 5.41) is 3.95. The van der Waals surface area contributed by atoms with Crippen LogP contribution >= 0.6 is 0 Å². The van der Waals surface area contributed by atoms with Gasteiger partial charge in [-0.2, -0.15) is 0 Å². The first kappa shape index (κ1) is 18.9. The molecule has 28 heavy (non-hydrogen) atoms. The van der Waals surface area contributed by atoms with Crippen molar-refractivity contribution in [1.29, 1.82) is 0 Å². The van der Waals surface area contributed by atoms with E-state index in [2.05, 4.69) is 20.3 Å². The number of carbonyl (C=O) groups excluding carboxylic acids is 1. The Labute approximate surface area is 161 Å². The number of halogens is 2. The number of anilines is 1. The summed E-state index contributed by atoms with van der Waals surface area (Å²) in [4.78, 5) is 25.5. The Morgan fingerprint density at radius 2 is 2.14 bits per heavy atom. The topological polar surface area (TPSA) is 83.1 Å². The van der Waals surface area contributed by atoms with E-state index in [1.54, 1.807) is 11.1 Å². The molecule has 3 heterocycles. The van der Waals surface area contributed by atoms with Crippen molar-refractivity contribution >= 4 is 22.9 Å². The Morgan fingerprint density at radius 1 is 1.39 bits per heavy atom. The van der Waals surface area contributed by atoms with Crippen molar-refractivity contribution < 1.29 is 18.3 Å². The van der Waals surface area contributed by atoms with E-state index in [0.717, 1.165) is 12.8 Å². The van der Waals surface area contributed by atoms with Gasteiger partial charge in [0.05, 0.1) is 11.3 Å². The zero-order valence-electron chi connectivity index (χ0n) is 16.3. The van der Waals surface area contributed by atoms with Crippen molar-refractivity contribution in [2.45, 2.75) is 63.5 Å². The monoisotopic (exact) mass is 393 g/mol. The highest BCUT2D eigenvalue weighted by molar-refractivity contribution is 5.91. The lowest BCUT2D eigenvalue weighted by atomic mass is 10.1. The molecule has 2 aliphatic rings. The Hall–Kier alpha value is -2.45. The molecule has 2 N–H and O–H groups in total. The van der Waals surface area contributed by atoms with Gasteiger partial charge in [0, 0.05) is 31.7 Å². The van der Waals surface area contributed by atoms with Crippen LogP contribution in [0.4, 0.5) is 19.4 Å². The number of nitrogens with zero attached hydrogens (tertiary/aromatic N) is 3. The minimum absolute atomic E-state index is 0.0400. The molecule has 0 aromatic carbocycles. The van der Waals surface area contributed by atoms with Gasteiger partial charge in [0.1, 0.15) is 23.4 Å². The standard InChI is InChI=1S/C19H25F2N5O2/c1-18(2,3)28-17(27)26-6-4-5-11(9-26)25-16-14-12(13-7-19(13,20)21)8-22-15(14)23-10-24-16/h8,10-11,13H,4-7,9H2,1-3H3,(H2,22,23,24,25). The molecule has 2 aromatic rings. The summed E-state index contributed by atoms with van der Waals surface area (Å²) in [5.74, 6) is -2.93. The van der Waals surface area contributed by atoms with E-state index in [-0.39, 0.29) is 18.6 Å². The van der Waals surface area contributed by atoms with Crippen molar-refractivity contribution in [1.82, 2.24) is 19.9 Å². The fraction of sp³-hybridized carbons (Fsp3) is 0.632. The second-order valence-electron chi connectivity index (χ2n) is 8.62. The predicted molar refractivity (Wildman–Crippen MR) is 101 cm³/mol. The summed E-state index contributed by atoms with van der Waals surface area (Å²) in [5.41, 5.74) is 0.532.